The highest BCUT2D eigenvalue weighted by atomic mass is 16.3. The van der Waals surface area contributed by atoms with Gasteiger partial charge in [-0.3, -0.25) is 0 Å². The van der Waals surface area contributed by atoms with Gasteiger partial charge in [0, 0.05) is 12.6 Å². The number of hydrogen-bond donors (Lipinski definition) is 3. The first-order valence-corrected chi connectivity index (χ1v) is 4.46. The van der Waals surface area contributed by atoms with E-state index in [0.29, 0.717) is 6.54 Å². The maximum absolute atomic E-state index is 9.79. The Morgan fingerprint density at radius 2 is 1.83 bits per heavy atom. The molecule has 0 aliphatic heterocycles. The second-order valence-electron chi connectivity index (χ2n) is 3.98. The summed E-state index contributed by atoms with van der Waals surface area (Å²) in [5.41, 5.74) is -0.691. The van der Waals surface area contributed by atoms with Gasteiger partial charge in [-0.2, -0.15) is 0 Å². The summed E-state index contributed by atoms with van der Waals surface area (Å²) in [5.74, 6) is 0.218. The molecule has 0 bridgehead atoms. The average molecular weight is 175 g/mol. The predicted molar refractivity (Wildman–Crippen MR) is 50.0 cm³/mol. The van der Waals surface area contributed by atoms with Gasteiger partial charge in [-0.15, -0.1) is 0 Å². The monoisotopic (exact) mass is 175 g/mol. The Morgan fingerprint density at radius 3 is 2.17 bits per heavy atom. The normalized spacial score (nSPS) is 19.2. The molecule has 0 saturated carbocycles. The molecule has 0 radical (unpaired) electrons. The highest BCUT2D eigenvalue weighted by Gasteiger charge is 2.24. The van der Waals surface area contributed by atoms with Crippen LogP contribution in [0.5, 0.6) is 0 Å². The van der Waals surface area contributed by atoms with E-state index in [2.05, 4.69) is 5.32 Å². The van der Waals surface area contributed by atoms with Crippen LogP contribution < -0.4 is 5.32 Å². The van der Waals surface area contributed by atoms with Crippen molar-refractivity contribution in [2.24, 2.45) is 5.92 Å². The number of nitrogens with one attached hydrogen (secondary N) is 1. The first-order valence-electron chi connectivity index (χ1n) is 4.46. The maximum atomic E-state index is 9.79. The van der Waals surface area contributed by atoms with Crippen molar-refractivity contribution >= 4 is 0 Å². The van der Waals surface area contributed by atoms with Crippen molar-refractivity contribution in [1.82, 2.24) is 5.32 Å². The van der Waals surface area contributed by atoms with Crippen LogP contribution in [-0.2, 0) is 0 Å². The fraction of sp³-hybridized carbons (Fsp3) is 1.00. The first kappa shape index (κ1) is 11.9. The van der Waals surface area contributed by atoms with Gasteiger partial charge in [-0.25, -0.2) is 0 Å². The molecule has 0 saturated heterocycles. The quantitative estimate of drug-likeness (QED) is 0.565. The van der Waals surface area contributed by atoms with Gasteiger partial charge in [0.05, 0.1) is 12.2 Å². The van der Waals surface area contributed by atoms with Gasteiger partial charge in [0.1, 0.15) is 0 Å². The summed E-state index contributed by atoms with van der Waals surface area (Å²) in [5, 5.41) is 21.6. The molecule has 0 aliphatic carbocycles. The molecule has 0 aromatic carbocycles. The van der Waals surface area contributed by atoms with Gasteiger partial charge in [0.15, 0.2) is 0 Å². The van der Waals surface area contributed by atoms with Crippen molar-refractivity contribution in [2.45, 2.75) is 39.3 Å². The van der Waals surface area contributed by atoms with Gasteiger partial charge < -0.3 is 15.5 Å². The third-order valence-corrected chi connectivity index (χ3v) is 2.33. The lowest BCUT2D eigenvalue weighted by atomic mass is 9.92. The Bertz CT molecular complexity index is 124. The Hall–Kier alpha value is -0.120. The van der Waals surface area contributed by atoms with Gasteiger partial charge in [-0.05, 0) is 19.8 Å². The van der Waals surface area contributed by atoms with E-state index in [1.54, 1.807) is 6.92 Å². The van der Waals surface area contributed by atoms with Gasteiger partial charge >= 0.3 is 0 Å². The summed E-state index contributed by atoms with van der Waals surface area (Å²) in [7, 11) is 0. The van der Waals surface area contributed by atoms with Crippen LogP contribution in [0.2, 0.25) is 0 Å². The second kappa shape index (κ2) is 4.80. The van der Waals surface area contributed by atoms with Crippen LogP contribution in [0.25, 0.3) is 0 Å². The second-order valence-corrected chi connectivity index (χ2v) is 3.98. The molecular formula is C9H21NO2. The third-order valence-electron chi connectivity index (χ3n) is 2.33. The van der Waals surface area contributed by atoms with E-state index in [4.69, 9.17) is 5.11 Å². The summed E-state index contributed by atoms with van der Waals surface area (Å²) in [4.78, 5) is 0. The lowest BCUT2D eigenvalue weighted by Crippen LogP contribution is -2.45. The lowest BCUT2D eigenvalue weighted by Gasteiger charge is -2.29. The summed E-state index contributed by atoms with van der Waals surface area (Å²) in [6, 6.07) is 0.0511. The molecule has 0 fully saturated rings. The first-order chi connectivity index (χ1) is 5.40. The van der Waals surface area contributed by atoms with Crippen molar-refractivity contribution in [3.63, 3.8) is 0 Å². The zero-order valence-corrected chi connectivity index (χ0v) is 8.46. The van der Waals surface area contributed by atoms with Gasteiger partial charge in [0.2, 0.25) is 0 Å². The largest absolute Gasteiger partial charge is 0.395 e. The molecule has 0 spiro atoms. The third kappa shape index (κ3) is 4.04. The highest BCUT2D eigenvalue weighted by Crippen LogP contribution is 2.14. The maximum Gasteiger partial charge on any atom is 0.0766 e. The zero-order valence-electron chi connectivity index (χ0n) is 8.46. The zero-order chi connectivity index (χ0) is 9.78. The Kier molecular flexibility index (Phi) is 4.75. The van der Waals surface area contributed by atoms with Crippen molar-refractivity contribution in [3.05, 3.63) is 0 Å². The fourth-order valence-corrected chi connectivity index (χ4v) is 0.650. The molecule has 3 heteroatoms. The molecule has 0 amide bonds. The molecular weight excluding hydrogens is 154 g/mol. The number of aliphatic hydroxyl groups excluding tert-OH is 1. The van der Waals surface area contributed by atoms with Crippen LogP contribution in [-0.4, -0.2) is 35.0 Å². The van der Waals surface area contributed by atoms with E-state index in [1.807, 2.05) is 20.8 Å². The summed E-state index contributed by atoms with van der Waals surface area (Å²) in [6.07, 6.45) is 0. The van der Waals surface area contributed by atoms with Crippen LogP contribution in [0.3, 0.4) is 0 Å². The molecule has 3 nitrogen and oxygen atoms in total. The molecule has 0 rings (SSSR count). The highest BCUT2D eigenvalue weighted by molar-refractivity contribution is 4.80. The molecule has 2 atom stereocenters. The van der Waals surface area contributed by atoms with E-state index >= 15 is 0 Å². The van der Waals surface area contributed by atoms with Crippen LogP contribution >= 0.6 is 0 Å². The van der Waals surface area contributed by atoms with Gasteiger partial charge in [-0.1, -0.05) is 13.8 Å². The smallest absolute Gasteiger partial charge is 0.0766 e. The molecule has 0 aliphatic rings. The van der Waals surface area contributed by atoms with E-state index in [1.165, 1.54) is 0 Å². The predicted octanol–water partition coefficient (Wildman–Crippen LogP) is 0.364. The summed E-state index contributed by atoms with van der Waals surface area (Å²) >= 11 is 0. The standard InChI is InChI=1S/C9H21NO2/c1-7(2)9(4,12)6-10-8(3)5-11/h7-8,10-12H,5-6H2,1-4H3. The molecule has 12 heavy (non-hydrogen) atoms. The van der Waals surface area contributed by atoms with Crippen LogP contribution in [0.15, 0.2) is 0 Å². The van der Waals surface area contributed by atoms with Crippen molar-refractivity contribution in [3.8, 4) is 0 Å². The molecule has 0 aromatic rings. The van der Waals surface area contributed by atoms with Crippen LogP contribution in [0, 0.1) is 5.92 Å². The van der Waals surface area contributed by atoms with Gasteiger partial charge in [0.25, 0.3) is 0 Å². The Labute approximate surface area is 74.8 Å². The molecule has 74 valence electrons. The minimum Gasteiger partial charge on any atom is -0.395 e. The minimum absolute atomic E-state index is 0.0511. The average Bonchev–Trinajstić information content (AvgIpc) is 2.00. The topological polar surface area (TPSA) is 52.5 Å². The summed E-state index contributed by atoms with van der Waals surface area (Å²) < 4.78 is 0. The molecule has 2 unspecified atom stereocenters. The number of aliphatic hydroxyl groups is 2. The lowest BCUT2D eigenvalue weighted by molar-refractivity contribution is 0.0107. The SMILES string of the molecule is CC(CO)NCC(C)(O)C(C)C. The van der Waals surface area contributed by atoms with Crippen LogP contribution in [0.1, 0.15) is 27.7 Å². The Balaban J connectivity index is 3.75. The van der Waals surface area contributed by atoms with Crippen molar-refractivity contribution in [1.29, 1.82) is 0 Å². The minimum atomic E-state index is -0.691. The molecule has 3 N–H and O–H groups in total. The van der Waals surface area contributed by atoms with Crippen molar-refractivity contribution < 1.29 is 10.2 Å². The number of hydrogen-bond acceptors (Lipinski definition) is 3. The number of rotatable bonds is 5. The van der Waals surface area contributed by atoms with Crippen LogP contribution in [0.4, 0.5) is 0 Å². The van der Waals surface area contributed by atoms with E-state index in [9.17, 15) is 5.11 Å². The van der Waals surface area contributed by atoms with E-state index in [0.717, 1.165) is 0 Å². The summed E-state index contributed by atoms with van der Waals surface area (Å²) in [6.45, 7) is 8.27. The fourth-order valence-electron chi connectivity index (χ4n) is 0.650. The van der Waals surface area contributed by atoms with E-state index < -0.39 is 5.60 Å². The van der Waals surface area contributed by atoms with E-state index in [-0.39, 0.29) is 18.6 Å². The molecule has 0 heterocycles. The Morgan fingerprint density at radius 1 is 1.33 bits per heavy atom. The molecule has 0 aromatic heterocycles. The van der Waals surface area contributed by atoms with Crippen molar-refractivity contribution in [2.75, 3.05) is 13.2 Å².